The first-order valence-corrected chi connectivity index (χ1v) is 6.80. The number of aliphatic hydroxyl groups is 1. The quantitative estimate of drug-likeness (QED) is 0.923. The average Bonchev–Trinajstić information content (AvgIpc) is 2.50. The molecule has 3 nitrogen and oxygen atoms in total. The molecule has 22 heavy (non-hydrogen) atoms. The molecule has 2 aromatic rings. The van der Waals surface area contributed by atoms with Crippen LogP contribution in [0.2, 0.25) is 0 Å². The van der Waals surface area contributed by atoms with Gasteiger partial charge in [-0.2, -0.15) is 5.26 Å². The number of nitriles is 1. The maximum absolute atomic E-state index is 13.6. The fourth-order valence-corrected chi connectivity index (χ4v) is 2.22. The van der Waals surface area contributed by atoms with Crippen LogP contribution in [0.15, 0.2) is 42.5 Å². The molecule has 0 aliphatic heterocycles. The zero-order valence-corrected chi connectivity index (χ0v) is 12.1. The second-order valence-electron chi connectivity index (χ2n) is 5.19. The molecule has 0 aliphatic rings. The molecule has 0 aliphatic carbocycles. The molecule has 0 saturated heterocycles. The lowest BCUT2D eigenvalue weighted by Gasteiger charge is -2.21. The molecular formula is C17H16F2N2O. The van der Waals surface area contributed by atoms with Crippen LogP contribution in [0.4, 0.5) is 8.78 Å². The maximum Gasteiger partial charge on any atom is 0.129 e. The standard InChI is InChI=1S/C17H16F2N2O/c1-21(10-13-4-2-12(9-20)3-5-13)11-17(22)15-8-14(18)6-7-16(15)19/h2-8,17,22H,10-11H2,1H3. The summed E-state index contributed by atoms with van der Waals surface area (Å²) >= 11 is 0. The zero-order chi connectivity index (χ0) is 16.1. The van der Waals surface area contributed by atoms with Gasteiger partial charge in [-0.25, -0.2) is 8.78 Å². The van der Waals surface area contributed by atoms with Gasteiger partial charge in [-0.05, 0) is 42.9 Å². The second kappa shape index (κ2) is 7.12. The van der Waals surface area contributed by atoms with Gasteiger partial charge in [0.2, 0.25) is 0 Å². The maximum atomic E-state index is 13.6. The van der Waals surface area contributed by atoms with Gasteiger partial charge in [0.05, 0.1) is 17.7 Å². The van der Waals surface area contributed by atoms with Gasteiger partial charge in [0, 0.05) is 18.7 Å². The normalized spacial score (nSPS) is 12.2. The predicted molar refractivity (Wildman–Crippen MR) is 78.8 cm³/mol. The highest BCUT2D eigenvalue weighted by Crippen LogP contribution is 2.19. The lowest BCUT2D eigenvalue weighted by Crippen LogP contribution is -2.24. The van der Waals surface area contributed by atoms with E-state index in [9.17, 15) is 13.9 Å². The fourth-order valence-electron chi connectivity index (χ4n) is 2.22. The van der Waals surface area contributed by atoms with E-state index in [1.165, 1.54) is 0 Å². The summed E-state index contributed by atoms with van der Waals surface area (Å²) in [6.45, 7) is 0.695. The van der Waals surface area contributed by atoms with Crippen molar-refractivity contribution in [1.29, 1.82) is 5.26 Å². The monoisotopic (exact) mass is 302 g/mol. The largest absolute Gasteiger partial charge is 0.387 e. The van der Waals surface area contributed by atoms with Crippen LogP contribution in [0, 0.1) is 23.0 Å². The fraction of sp³-hybridized carbons (Fsp3) is 0.235. The Morgan fingerprint density at radius 2 is 1.86 bits per heavy atom. The van der Waals surface area contributed by atoms with E-state index < -0.39 is 17.7 Å². The molecule has 0 fully saturated rings. The summed E-state index contributed by atoms with van der Waals surface area (Å²) in [4.78, 5) is 1.80. The molecule has 0 aromatic heterocycles. The molecule has 5 heteroatoms. The van der Waals surface area contributed by atoms with Crippen molar-refractivity contribution in [3.63, 3.8) is 0 Å². The summed E-state index contributed by atoms with van der Waals surface area (Å²) in [6, 6.07) is 12.2. The molecule has 0 radical (unpaired) electrons. The van der Waals surface area contributed by atoms with E-state index in [0.717, 1.165) is 23.8 Å². The van der Waals surface area contributed by atoms with Gasteiger partial charge in [0.25, 0.3) is 0 Å². The molecule has 0 amide bonds. The summed E-state index contributed by atoms with van der Waals surface area (Å²) in [5, 5.41) is 18.8. The SMILES string of the molecule is CN(Cc1ccc(C#N)cc1)CC(O)c1cc(F)ccc1F. The number of nitrogens with zero attached hydrogens (tertiary/aromatic N) is 2. The number of hydrogen-bond acceptors (Lipinski definition) is 3. The predicted octanol–water partition coefficient (Wildman–Crippen LogP) is 3.00. The van der Waals surface area contributed by atoms with E-state index in [2.05, 4.69) is 0 Å². The van der Waals surface area contributed by atoms with Crippen LogP contribution in [-0.2, 0) is 6.54 Å². The Labute approximate surface area is 128 Å². The van der Waals surface area contributed by atoms with Gasteiger partial charge in [0.15, 0.2) is 0 Å². The first kappa shape index (κ1) is 16.1. The highest BCUT2D eigenvalue weighted by molar-refractivity contribution is 5.31. The third-order valence-electron chi connectivity index (χ3n) is 3.34. The number of rotatable bonds is 5. The van der Waals surface area contributed by atoms with Crippen LogP contribution < -0.4 is 0 Å². The van der Waals surface area contributed by atoms with Crippen molar-refractivity contribution in [3.8, 4) is 6.07 Å². The molecule has 1 unspecified atom stereocenters. The minimum absolute atomic E-state index is 0.0494. The molecular weight excluding hydrogens is 286 g/mol. The van der Waals surface area contributed by atoms with Gasteiger partial charge in [-0.1, -0.05) is 12.1 Å². The number of hydrogen-bond donors (Lipinski definition) is 1. The Kier molecular flexibility index (Phi) is 5.21. The van der Waals surface area contributed by atoms with Gasteiger partial charge >= 0.3 is 0 Å². The lowest BCUT2D eigenvalue weighted by atomic mass is 10.1. The molecule has 2 aromatic carbocycles. The van der Waals surface area contributed by atoms with E-state index in [-0.39, 0.29) is 12.1 Å². The smallest absolute Gasteiger partial charge is 0.129 e. The van der Waals surface area contributed by atoms with Crippen LogP contribution in [0.5, 0.6) is 0 Å². The average molecular weight is 302 g/mol. The van der Waals surface area contributed by atoms with Crippen molar-refractivity contribution in [3.05, 3.63) is 70.8 Å². The van der Waals surface area contributed by atoms with E-state index in [1.54, 1.807) is 24.1 Å². The molecule has 1 atom stereocenters. The first-order chi connectivity index (χ1) is 10.5. The highest BCUT2D eigenvalue weighted by atomic mass is 19.1. The van der Waals surface area contributed by atoms with Gasteiger partial charge in [-0.3, -0.25) is 4.90 Å². The van der Waals surface area contributed by atoms with E-state index in [4.69, 9.17) is 5.26 Å². The Morgan fingerprint density at radius 3 is 2.50 bits per heavy atom. The summed E-state index contributed by atoms with van der Waals surface area (Å²) in [7, 11) is 1.78. The van der Waals surface area contributed by atoms with Crippen LogP contribution in [-0.4, -0.2) is 23.6 Å². The summed E-state index contributed by atoms with van der Waals surface area (Å²) in [5.41, 5.74) is 1.49. The molecule has 0 saturated carbocycles. The van der Waals surface area contributed by atoms with Gasteiger partial charge in [0.1, 0.15) is 11.6 Å². The Hall–Kier alpha value is -2.29. The van der Waals surface area contributed by atoms with Crippen LogP contribution in [0.3, 0.4) is 0 Å². The minimum atomic E-state index is -1.11. The molecule has 114 valence electrons. The molecule has 1 N–H and O–H groups in total. The van der Waals surface area contributed by atoms with E-state index >= 15 is 0 Å². The third-order valence-corrected chi connectivity index (χ3v) is 3.34. The van der Waals surface area contributed by atoms with E-state index in [0.29, 0.717) is 12.1 Å². The molecule has 2 rings (SSSR count). The first-order valence-electron chi connectivity index (χ1n) is 6.80. The van der Waals surface area contributed by atoms with Crippen LogP contribution in [0.1, 0.15) is 22.8 Å². The zero-order valence-electron chi connectivity index (χ0n) is 12.1. The van der Waals surface area contributed by atoms with Gasteiger partial charge in [-0.15, -0.1) is 0 Å². The number of aliphatic hydroxyl groups excluding tert-OH is 1. The Bertz CT molecular complexity index is 680. The van der Waals surface area contributed by atoms with Crippen molar-refractivity contribution in [2.24, 2.45) is 0 Å². The molecule has 0 spiro atoms. The third kappa shape index (κ3) is 4.10. The second-order valence-corrected chi connectivity index (χ2v) is 5.19. The summed E-state index contributed by atoms with van der Waals surface area (Å²) in [5.74, 6) is -1.20. The lowest BCUT2D eigenvalue weighted by molar-refractivity contribution is 0.120. The van der Waals surface area contributed by atoms with Crippen molar-refractivity contribution in [1.82, 2.24) is 4.90 Å². The van der Waals surface area contributed by atoms with Crippen molar-refractivity contribution in [2.45, 2.75) is 12.6 Å². The molecule has 0 heterocycles. The van der Waals surface area contributed by atoms with Crippen LogP contribution in [0.25, 0.3) is 0 Å². The number of benzene rings is 2. The number of likely N-dealkylation sites (N-methyl/N-ethyl adjacent to an activating group) is 1. The van der Waals surface area contributed by atoms with Gasteiger partial charge < -0.3 is 5.11 Å². The number of halogens is 2. The molecule has 0 bridgehead atoms. The summed E-state index contributed by atoms with van der Waals surface area (Å²) < 4.78 is 26.8. The van der Waals surface area contributed by atoms with Crippen molar-refractivity contribution < 1.29 is 13.9 Å². The van der Waals surface area contributed by atoms with Crippen molar-refractivity contribution in [2.75, 3.05) is 13.6 Å². The van der Waals surface area contributed by atoms with Crippen molar-refractivity contribution >= 4 is 0 Å². The topological polar surface area (TPSA) is 47.3 Å². The Balaban J connectivity index is 2.00. The Morgan fingerprint density at radius 1 is 1.18 bits per heavy atom. The summed E-state index contributed by atoms with van der Waals surface area (Å²) in [6.07, 6.45) is -1.11. The highest BCUT2D eigenvalue weighted by Gasteiger charge is 2.16. The van der Waals surface area contributed by atoms with Crippen LogP contribution >= 0.6 is 0 Å². The minimum Gasteiger partial charge on any atom is -0.387 e. The van der Waals surface area contributed by atoms with E-state index in [1.807, 2.05) is 18.2 Å².